The van der Waals surface area contributed by atoms with Gasteiger partial charge in [-0.25, -0.2) is 0 Å². The minimum Gasteiger partial charge on any atom is -0.342 e. The summed E-state index contributed by atoms with van der Waals surface area (Å²) in [5.74, 6) is 0.427. The zero-order chi connectivity index (χ0) is 19.4. The molecule has 3 rings (SSSR count). The zero-order valence-corrected chi connectivity index (χ0v) is 17.0. The maximum atomic E-state index is 12.9. The number of nitrogens with zero attached hydrogens (tertiary/aromatic N) is 3. The SMILES string of the molecule is C[C@H](C(=O)N1CCC2(CCC(=O)N(CCN(C)C)C2)CC1)c1ccccc1. The smallest absolute Gasteiger partial charge is 0.229 e. The van der Waals surface area contributed by atoms with Crippen molar-refractivity contribution in [2.45, 2.75) is 38.5 Å². The van der Waals surface area contributed by atoms with Gasteiger partial charge in [0.1, 0.15) is 0 Å². The molecule has 2 heterocycles. The quantitative estimate of drug-likeness (QED) is 0.799. The van der Waals surface area contributed by atoms with Crippen LogP contribution in [0.4, 0.5) is 0 Å². The lowest BCUT2D eigenvalue weighted by atomic mass is 9.72. The molecule has 148 valence electrons. The van der Waals surface area contributed by atoms with Gasteiger partial charge >= 0.3 is 0 Å². The highest BCUT2D eigenvalue weighted by molar-refractivity contribution is 5.83. The largest absolute Gasteiger partial charge is 0.342 e. The topological polar surface area (TPSA) is 43.9 Å². The van der Waals surface area contributed by atoms with Crippen LogP contribution in [0.25, 0.3) is 0 Å². The van der Waals surface area contributed by atoms with Crippen LogP contribution in [0.3, 0.4) is 0 Å². The Bertz CT molecular complexity index is 651. The second kappa shape index (κ2) is 8.42. The summed E-state index contributed by atoms with van der Waals surface area (Å²) in [5, 5.41) is 0. The fourth-order valence-electron chi connectivity index (χ4n) is 4.39. The molecule has 2 aliphatic heterocycles. The van der Waals surface area contributed by atoms with Crippen molar-refractivity contribution in [3.05, 3.63) is 35.9 Å². The summed E-state index contributed by atoms with van der Waals surface area (Å²) >= 11 is 0. The Balaban J connectivity index is 1.57. The van der Waals surface area contributed by atoms with Crippen molar-refractivity contribution in [3.63, 3.8) is 0 Å². The normalized spacial score (nSPS) is 21.0. The fraction of sp³-hybridized carbons (Fsp3) is 0.636. The summed E-state index contributed by atoms with van der Waals surface area (Å²) in [6.45, 7) is 6.19. The molecule has 2 fully saturated rings. The number of likely N-dealkylation sites (tertiary alicyclic amines) is 2. The first-order chi connectivity index (χ1) is 12.9. The van der Waals surface area contributed by atoms with Gasteiger partial charge in [0, 0.05) is 39.1 Å². The van der Waals surface area contributed by atoms with Crippen molar-refractivity contribution in [1.82, 2.24) is 14.7 Å². The molecular formula is C22H33N3O2. The van der Waals surface area contributed by atoms with Crippen LogP contribution in [0, 0.1) is 5.41 Å². The first kappa shape index (κ1) is 19.9. The fourth-order valence-corrected chi connectivity index (χ4v) is 4.39. The van der Waals surface area contributed by atoms with Crippen LogP contribution in [0.2, 0.25) is 0 Å². The molecule has 2 amide bonds. The van der Waals surface area contributed by atoms with Crippen LogP contribution < -0.4 is 0 Å². The molecule has 5 heteroatoms. The van der Waals surface area contributed by atoms with E-state index in [4.69, 9.17) is 0 Å². The van der Waals surface area contributed by atoms with E-state index in [1.54, 1.807) is 0 Å². The lowest BCUT2D eigenvalue weighted by Crippen LogP contribution is -2.53. The number of likely N-dealkylation sites (N-methyl/N-ethyl adjacent to an activating group) is 1. The van der Waals surface area contributed by atoms with Crippen LogP contribution in [-0.2, 0) is 9.59 Å². The average Bonchev–Trinajstić information content (AvgIpc) is 2.69. The van der Waals surface area contributed by atoms with E-state index in [0.29, 0.717) is 12.3 Å². The molecule has 5 nitrogen and oxygen atoms in total. The molecule has 0 radical (unpaired) electrons. The van der Waals surface area contributed by atoms with Gasteiger partial charge in [0.05, 0.1) is 5.92 Å². The van der Waals surface area contributed by atoms with E-state index in [0.717, 1.165) is 57.5 Å². The Morgan fingerprint density at radius 1 is 1.15 bits per heavy atom. The van der Waals surface area contributed by atoms with E-state index in [1.165, 1.54) is 0 Å². The molecule has 1 aromatic rings. The van der Waals surface area contributed by atoms with E-state index in [2.05, 4.69) is 4.90 Å². The van der Waals surface area contributed by atoms with E-state index in [1.807, 2.05) is 61.2 Å². The van der Waals surface area contributed by atoms with Crippen LogP contribution in [0.5, 0.6) is 0 Å². The molecule has 1 atom stereocenters. The highest BCUT2D eigenvalue weighted by Crippen LogP contribution is 2.40. The maximum absolute atomic E-state index is 12.9. The van der Waals surface area contributed by atoms with Crippen molar-refractivity contribution in [2.75, 3.05) is 46.8 Å². The van der Waals surface area contributed by atoms with Gasteiger partial charge < -0.3 is 14.7 Å². The molecule has 0 aliphatic carbocycles. The number of rotatable bonds is 5. The predicted molar refractivity (Wildman–Crippen MR) is 107 cm³/mol. The molecule has 2 saturated heterocycles. The van der Waals surface area contributed by atoms with Gasteiger partial charge in [0.2, 0.25) is 11.8 Å². The number of benzene rings is 1. The molecule has 27 heavy (non-hydrogen) atoms. The third-order valence-electron chi connectivity index (χ3n) is 6.37. The Kier molecular flexibility index (Phi) is 6.20. The Morgan fingerprint density at radius 3 is 2.44 bits per heavy atom. The summed E-state index contributed by atoms with van der Waals surface area (Å²) in [6, 6.07) is 10.0. The standard InChI is InChI=1S/C22H33N3O2/c1-18(19-7-5-4-6-8-19)21(27)24-13-11-22(12-14-24)10-9-20(26)25(17-22)16-15-23(2)3/h4-8,18H,9-17H2,1-3H3/t18-/m0/s1. The lowest BCUT2D eigenvalue weighted by molar-refractivity contribution is -0.143. The highest BCUT2D eigenvalue weighted by atomic mass is 16.2. The van der Waals surface area contributed by atoms with Gasteiger partial charge in [-0.15, -0.1) is 0 Å². The minimum atomic E-state index is -0.0928. The molecule has 0 saturated carbocycles. The highest BCUT2D eigenvalue weighted by Gasteiger charge is 2.42. The lowest BCUT2D eigenvalue weighted by Gasteiger charge is -2.48. The predicted octanol–water partition coefficient (Wildman–Crippen LogP) is 2.58. The van der Waals surface area contributed by atoms with Gasteiger partial charge in [-0.3, -0.25) is 9.59 Å². The Morgan fingerprint density at radius 2 is 1.81 bits per heavy atom. The number of amides is 2. The van der Waals surface area contributed by atoms with E-state index in [9.17, 15) is 9.59 Å². The van der Waals surface area contributed by atoms with Crippen molar-refractivity contribution in [3.8, 4) is 0 Å². The van der Waals surface area contributed by atoms with Gasteiger partial charge in [0.15, 0.2) is 0 Å². The third kappa shape index (κ3) is 4.70. The summed E-state index contributed by atoms with van der Waals surface area (Å²) in [4.78, 5) is 31.4. The van der Waals surface area contributed by atoms with Gasteiger partial charge in [-0.05, 0) is 51.3 Å². The molecule has 1 spiro atoms. The summed E-state index contributed by atoms with van der Waals surface area (Å²) in [7, 11) is 4.09. The van der Waals surface area contributed by atoms with E-state index < -0.39 is 0 Å². The van der Waals surface area contributed by atoms with Gasteiger partial charge in [-0.2, -0.15) is 0 Å². The molecule has 0 N–H and O–H groups in total. The van der Waals surface area contributed by atoms with E-state index in [-0.39, 0.29) is 17.2 Å². The molecule has 0 bridgehead atoms. The number of piperidine rings is 2. The third-order valence-corrected chi connectivity index (χ3v) is 6.37. The summed E-state index contributed by atoms with van der Waals surface area (Å²) in [6.07, 6.45) is 3.64. The molecule has 2 aliphatic rings. The van der Waals surface area contributed by atoms with Crippen molar-refractivity contribution < 1.29 is 9.59 Å². The molecule has 0 unspecified atom stereocenters. The first-order valence-corrected chi connectivity index (χ1v) is 10.2. The summed E-state index contributed by atoms with van der Waals surface area (Å²) in [5.41, 5.74) is 1.29. The zero-order valence-electron chi connectivity index (χ0n) is 17.0. The molecule has 0 aromatic heterocycles. The van der Waals surface area contributed by atoms with Crippen molar-refractivity contribution in [1.29, 1.82) is 0 Å². The van der Waals surface area contributed by atoms with Crippen LogP contribution >= 0.6 is 0 Å². The monoisotopic (exact) mass is 371 g/mol. The molecule has 1 aromatic carbocycles. The van der Waals surface area contributed by atoms with Crippen LogP contribution in [0.15, 0.2) is 30.3 Å². The summed E-state index contributed by atoms with van der Waals surface area (Å²) < 4.78 is 0. The van der Waals surface area contributed by atoms with Gasteiger partial charge in [-0.1, -0.05) is 30.3 Å². The number of carbonyl (C=O) groups excluding carboxylic acids is 2. The van der Waals surface area contributed by atoms with Crippen molar-refractivity contribution in [2.24, 2.45) is 5.41 Å². The molecular weight excluding hydrogens is 338 g/mol. The number of hydrogen-bond acceptors (Lipinski definition) is 3. The number of hydrogen-bond donors (Lipinski definition) is 0. The average molecular weight is 372 g/mol. The van der Waals surface area contributed by atoms with E-state index >= 15 is 0 Å². The van der Waals surface area contributed by atoms with Gasteiger partial charge in [0.25, 0.3) is 0 Å². The second-order valence-corrected chi connectivity index (χ2v) is 8.58. The maximum Gasteiger partial charge on any atom is 0.229 e. The minimum absolute atomic E-state index is 0.0928. The van der Waals surface area contributed by atoms with Crippen LogP contribution in [-0.4, -0.2) is 73.3 Å². The Hall–Kier alpha value is -1.88. The van der Waals surface area contributed by atoms with Crippen molar-refractivity contribution >= 4 is 11.8 Å². The Labute approximate surface area is 163 Å². The second-order valence-electron chi connectivity index (χ2n) is 8.58. The first-order valence-electron chi connectivity index (χ1n) is 10.2. The van der Waals surface area contributed by atoms with Crippen LogP contribution in [0.1, 0.15) is 44.1 Å². The number of carbonyl (C=O) groups is 2.